The summed E-state index contributed by atoms with van der Waals surface area (Å²) in [6.07, 6.45) is 5.49. The van der Waals surface area contributed by atoms with E-state index in [0.29, 0.717) is 27.7 Å². The van der Waals surface area contributed by atoms with E-state index in [-0.39, 0.29) is 17.9 Å². The van der Waals surface area contributed by atoms with Gasteiger partial charge in [-0.2, -0.15) is 0 Å². The van der Waals surface area contributed by atoms with Crippen molar-refractivity contribution in [1.82, 2.24) is 9.88 Å². The summed E-state index contributed by atoms with van der Waals surface area (Å²) in [4.78, 5) is 32.1. The second kappa shape index (κ2) is 8.12. The van der Waals surface area contributed by atoms with Gasteiger partial charge in [-0.3, -0.25) is 14.6 Å². The number of nitrogens with zero attached hydrogens (tertiary/aromatic N) is 2. The fourth-order valence-corrected chi connectivity index (χ4v) is 3.74. The summed E-state index contributed by atoms with van der Waals surface area (Å²) in [6, 6.07) is 12.6. The molecule has 0 aliphatic heterocycles. The first-order chi connectivity index (χ1) is 13.6. The molecule has 0 saturated heterocycles. The lowest BCUT2D eigenvalue weighted by atomic mass is 10.1. The number of thiophene rings is 1. The molecule has 2 heterocycles. The van der Waals surface area contributed by atoms with E-state index in [1.807, 2.05) is 28.5 Å². The van der Waals surface area contributed by atoms with Crippen molar-refractivity contribution in [2.75, 3.05) is 5.32 Å². The number of carbonyl (C=O) groups is 2. The Bertz CT molecular complexity index is 988. The van der Waals surface area contributed by atoms with Gasteiger partial charge >= 0.3 is 0 Å². The molecular weight excluding hydrogens is 394 g/mol. The minimum absolute atomic E-state index is 0.0744. The Morgan fingerprint density at radius 3 is 2.75 bits per heavy atom. The van der Waals surface area contributed by atoms with Crippen LogP contribution in [0.3, 0.4) is 0 Å². The van der Waals surface area contributed by atoms with Crippen LogP contribution in [0.5, 0.6) is 0 Å². The molecule has 1 N–H and O–H groups in total. The Kier molecular flexibility index (Phi) is 5.41. The van der Waals surface area contributed by atoms with Crippen LogP contribution in [-0.4, -0.2) is 27.7 Å². The molecule has 4 rings (SSSR count). The van der Waals surface area contributed by atoms with Crippen LogP contribution in [0.25, 0.3) is 0 Å². The smallest absolute Gasteiger partial charge is 0.265 e. The van der Waals surface area contributed by atoms with E-state index in [0.717, 1.165) is 18.4 Å². The van der Waals surface area contributed by atoms with E-state index in [4.69, 9.17) is 11.6 Å². The van der Waals surface area contributed by atoms with Gasteiger partial charge in [-0.1, -0.05) is 23.7 Å². The Balaban J connectivity index is 1.55. The highest BCUT2D eigenvalue weighted by Crippen LogP contribution is 2.31. The molecule has 1 aromatic carbocycles. The third-order valence-corrected chi connectivity index (χ3v) is 5.73. The summed E-state index contributed by atoms with van der Waals surface area (Å²) in [5.74, 6) is -0.314. The predicted octanol–water partition coefficient (Wildman–Crippen LogP) is 4.85. The number of pyridine rings is 1. The first-order valence-corrected chi connectivity index (χ1v) is 10.2. The lowest BCUT2D eigenvalue weighted by Gasteiger charge is -2.23. The molecule has 0 atom stereocenters. The van der Waals surface area contributed by atoms with Gasteiger partial charge in [-0.05, 0) is 54.1 Å². The number of carbonyl (C=O) groups excluding carboxylic acids is 2. The molecule has 0 radical (unpaired) electrons. The number of rotatable bonds is 6. The summed E-state index contributed by atoms with van der Waals surface area (Å²) >= 11 is 7.59. The Morgan fingerprint density at radius 1 is 1.21 bits per heavy atom. The number of hydrogen-bond donors (Lipinski definition) is 1. The van der Waals surface area contributed by atoms with Crippen LogP contribution in [0, 0.1) is 0 Å². The van der Waals surface area contributed by atoms with Gasteiger partial charge < -0.3 is 10.2 Å². The van der Waals surface area contributed by atoms with Crippen LogP contribution in [-0.2, 0) is 6.54 Å². The summed E-state index contributed by atoms with van der Waals surface area (Å²) in [7, 11) is 0. The maximum Gasteiger partial charge on any atom is 0.265 e. The molecule has 1 aliphatic carbocycles. The van der Waals surface area contributed by atoms with Crippen LogP contribution in [0.2, 0.25) is 5.02 Å². The fourth-order valence-electron chi connectivity index (χ4n) is 2.95. The maximum absolute atomic E-state index is 13.2. The Hall–Kier alpha value is -2.70. The van der Waals surface area contributed by atoms with Crippen molar-refractivity contribution in [3.63, 3.8) is 0 Å². The number of hydrogen-bond acceptors (Lipinski definition) is 4. The molecule has 1 saturated carbocycles. The first-order valence-electron chi connectivity index (χ1n) is 8.96. The van der Waals surface area contributed by atoms with E-state index in [1.54, 1.807) is 36.7 Å². The van der Waals surface area contributed by atoms with Crippen molar-refractivity contribution < 1.29 is 9.59 Å². The van der Waals surface area contributed by atoms with Crippen molar-refractivity contribution in [3.05, 3.63) is 81.3 Å². The molecule has 2 aromatic heterocycles. The molecule has 5 nitrogen and oxygen atoms in total. The maximum atomic E-state index is 13.2. The number of anilines is 1. The van der Waals surface area contributed by atoms with E-state index >= 15 is 0 Å². The Labute approximate surface area is 172 Å². The van der Waals surface area contributed by atoms with E-state index in [9.17, 15) is 9.59 Å². The minimum Gasteiger partial charge on any atom is -0.331 e. The van der Waals surface area contributed by atoms with Crippen molar-refractivity contribution in [1.29, 1.82) is 0 Å². The van der Waals surface area contributed by atoms with Gasteiger partial charge in [0, 0.05) is 30.5 Å². The lowest BCUT2D eigenvalue weighted by molar-refractivity contribution is 0.0729. The molecular formula is C21H18ClN3O2S. The number of amides is 2. The summed E-state index contributed by atoms with van der Waals surface area (Å²) in [5, 5.41) is 5.03. The monoisotopic (exact) mass is 411 g/mol. The van der Waals surface area contributed by atoms with Gasteiger partial charge in [0.1, 0.15) is 0 Å². The van der Waals surface area contributed by atoms with Gasteiger partial charge in [0.05, 0.1) is 15.6 Å². The molecule has 2 amide bonds. The number of aromatic nitrogens is 1. The SMILES string of the molecule is O=C(Nc1cc(C(=O)N(Cc2cccnc2)C2CC2)ccc1Cl)c1cccs1. The fraction of sp³-hybridized carbons (Fsp3) is 0.190. The van der Waals surface area contributed by atoms with Crippen molar-refractivity contribution >= 4 is 40.4 Å². The number of benzene rings is 1. The van der Waals surface area contributed by atoms with Gasteiger partial charge in [0.25, 0.3) is 11.8 Å². The Morgan fingerprint density at radius 2 is 2.07 bits per heavy atom. The zero-order chi connectivity index (χ0) is 19.5. The average molecular weight is 412 g/mol. The molecule has 0 bridgehead atoms. The molecule has 7 heteroatoms. The normalized spacial score (nSPS) is 13.2. The predicted molar refractivity (Wildman–Crippen MR) is 111 cm³/mol. The average Bonchev–Trinajstić information content (AvgIpc) is 3.40. The zero-order valence-corrected chi connectivity index (χ0v) is 16.5. The number of nitrogens with one attached hydrogen (secondary N) is 1. The van der Waals surface area contributed by atoms with Crippen LogP contribution in [0.15, 0.2) is 60.2 Å². The van der Waals surface area contributed by atoms with E-state index in [1.165, 1.54) is 11.3 Å². The standard InChI is InChI=1S/C21H18ClN3O2S/c22-17-8-5-15(11-18(17)24-20(26)19-4-2-10-28-19)21(27)25(16-6-7-16)13-14-3-1-9-23-12-14/h1-5,8-12,16H,6-7,13H2,(H,24,26). The topological polar surface area (TPSA) is 62.3 Å². The van der Waals surface area contributed by atoms with Crippen molar-refractivity contribution in [2.45, 2.75) is 25.4 Å². The quantitative estimate of drug-likeness (QED) is 0.630. The lowest BCUT2D eigenvalue weighted by Crippen LogP contribution is -2.32. The molecule has 1 fully saturated rings. The summed E-state index contributed by atoms with van der Waals surface area (Å²) in [6.45, 7) is 0.511. The van der Waals surface area contributed by atoms with Crippen molar-refractivity contribution in [2.24, 2.45) is 0 Å². The van der Waals surface area contributed by atoms with E-state index in [2.05, 4.69) is 10.3 Å². The van der Waals surface area contributed by atoms with Gasteiger partial charge in [0.2, 0.25) is 0 Å². The molecule has 0 unspecified atom stereocenters. The van der Waals surface area contributed by atoms with Gasteiger partial charge in [0.15, 0.2) is 0 Å². The molecule has 28 heavy (non-hydrogen) atoms. The van der Waals surface area contributed by atoms with Gasteiger partial charge in [-0.15, -0.1) is 11.3 Å². The third kappa shape index (κ3) is 4.24. The molecule has 3 aromatic rings. The minimum atomic E-state index is -0.240. The molecule has 0 spiro atoms. The second-order valence-electron chi connectivity index (χ2n) is 6.65. The van der Waals surface area contributed by atoms with E-state index < -0.39 is 0 Å². The molecule has 1 aliphatic rings. The van der Waals surface area contributed by atoms with Crippen molar-refractivity contribution in [3.8, 4) is 0 Å². The highest BCUT2D eigenvalue weighted by atomic mass is 35.5. The van der Waals surface area contributed by atoms with Gasteiger partial charge in [-0.25, -0.2) is 0 Å². The van der Waals surface area contributed by atoms with Crippen LogP contribution in [0.1, 0.15) is 38.4 Å². The molecule has 142 valence electrons. The highest BCUT2D eigenvalue weighted by Gasteiger charge is 2.33. The van der Waals surface area contributed by atoms with Crippen LogP contribution in [0.4, 0.5) is 5.69 Å². The highest BCUT2D eigenvalue weighted by molar-refractivity contribution is 7.12. The second-order valence-corrected chi connectivity index (χ2v) is 8.01. The van der Waals surface area contributed by atoms with Crippen LogP contribution >= 0.6 is 22.9 Å². The first kappa shape index (κ1) is 18.7. The zero-order valence-electron chi connectivity index (χ0n) is 15.0. The third-order valence-electron chi connectivity index (χ3n) is 4.53. The summed E-state index contributed by atoms with van der Waals surface area (Å²) in [5.41, 5.74) is 1.92. The largest absolute Gasteiger partial charge is 0.331 e. The summed E-state index contributed by atoms with van der Waals surface area (Å²) < 4.78 is 0. The number of halogens is 1. The van der Waals surface area contributed by atoms with Crippen LogP contribution < -0.4 is 5.32 Å².